The van der Waals surface area contributed by atoms with E-state index in [1.807, 2.05) is 0 Å². The number of rotatable bonds is 2. The zero-order chi connectivity index (χ0) is 12.4. The number of amides is 1. The predicted molar refractivity (Wildman–Crippen MR) is 62.6 cm³/mol. The van der Waals surface area contributed by atoms with Crippen molar-refractivity contribution < 1.29 is 14.7 Å². The molecule has 0 aliphatic carbocycles. The van der Waals surface area contributed by atoms with Crippen molar-refractivity contribution in [3.8, 4) is 0 Å². The van der Waals surface area contributed by atoms with Gasteiger partial charge >= 0.3 is 5.97 Å². The maximum atomic E-state index is 12.3. The van der Waals surface area contributed by atoms with Crippen LogP contribution in [0.15, 0.2) is 0 Å². The van der Waals surface area contributed by atoms with Gasteiger partial charge in [0.05, 0.1) is 6.04 Å². The Morgan fingerprint density at radius 1 is 1.35 bits per heavy atom. The molecule has 0 aromatic carbocycles. The number of carbonyl (C=O) groups excluding carboxylic acids is 1. The Hall–Kier alpha value is -1.10. The van der Waals surface area contributed by atoms with E-state index in [4.69, 9.17) is 5.11 Å². The van der Waals surface area contributed by atoms with Crippen molar-refractivity contribution in [1.29, 1.82) is 0 Å². The molecule has 2 aliphatic rings. The van der Waals surface area contributed by atoms with Crippen LogP contribution in [0.3, 0.4) is 0 Å². The molecule has 0 saturated carbocycles. The molecule has 0 radical (unpaired) electrons. The van der Waals surface area contributed by atoms with E-state index in [0.717, 1.165) is 25.8 Å². The van der Waals surface area contributed by atoms with Crippen LogP contribution in [0.5, 0.6) is 0 Å². The molecule has 17 heavy (non-hydrogen) atoms. The number of likely N-dealkylation sites (tertiary alicyclic amines) is 1. The molecule has 96 valence electrons. The lowest BCUT2D eigenvalue weighted by molar-refractivity contribution is -0.149. The van der Waals surface area contributed by atoms with Gasteiger partial charge in [0.15, 0.2) is 0 Å². The van der Waals surface area contributed by atoms with Crippen molar-refractivity contribution in [2.75, 3.05) is 13.1 Å². The molecule has 2 heterocycles. The minimum atomic E-state index is -0.875. The Labute approximate surface area is 101 Å². The second-order valence-corrected chi connectivity index (χ2v) is 5.16. The van der Waals surface area contributed by atoms with Crippen molar-refractivity contribution in [3.63, 3.8) is 0 Å². The van der Waals surface area contributed by atoms with Crippen LogP contribution in [0.4, 0.5) is 0 Å². The second kappa shape index (κ2) is 5.04. The molecule has 3 atom stereocenters. The molecule has 1 amide bonds. The van der Waals surface area contributed by atoms with Crippen molar-refractivity contribution in [2.45, 2.75) is 44.7 Å². The Balaban J connectivity index is 2.01. The third kappa shape index (κ3) is 2.60. The molecular formula is C12H20N2O3. The van der Waals surface area contributed by atoms with Crippen molar-refractivity contribution in [1.82, 2.24) is 10.2 Å². The van der Waals surface area contributed by atoms with Gasteiger partial charge in [0.1, 0.15) is 6.04 Å². The van der Waals surface area contributed by atoms with Crippen molar-refractivity contribution in [2.24, 2.45) is 5.92 Å². The van der Waals surface area contributed by atoms with Crippen LogP contribution < -0.4 is 5.32 Å². The summed E-state index contributed by atoms with van der Waals surface area (Å²) in [6.45, 7) is 3.57. The first-order valence-corrected chi connectivity index (χ1v) is 6.36. The van der Waals surface area contributed by atoms with Gasteiger partial charge < -0.3 is 15.3 Å². The molecule has 2 saturated heterocycles. The highest BCUT2D eigenvalue weighted by Gasteiger charge is 2.37. The SMILES string of the molecule is CC1CCNC(C(=O)N2CCC[C@@H]2C(=O)O)C1. The van der Waals surface area contributed by atoms with Gasteiger partial charge in [-0.05, 0) is 38.1 Å². The number of carboxylic acid groups (broad SMARTS) is 1. The van der Waals surface area contributed by atoms with Crippen molar-refractivity contribution >= 4 is 11.9 Å². The van der Waals surface area contributed by atoms with Crippen LogP contribution >= 0.6 is 0 Å². The smallest absolute Gasteiger partial charge is 0.326 e. The number of aliphatic carboxylic acids is 1. The normalized spacial score (nSPS) is 33.7. The molecular weight excluding hydrogens is 220 g/mol. The zero-order valence-electron chi connectivity index (χ0n) is 10.2. The lowest BCUT2D eigenvalue weighted by atomic mass is 9.93. The third-order valence-corrected chi connectivity index (χ3v) is 3.78. The van der Waals surface area contributed by atoms with E-state index in [-0.39, 0.29) is 11.9 Å². The van der Waals surface area contributed by atoms with Gasteiger partial charge in [0.25, 0.3) is 0 Å². The van der Waals surface area contributed by atoms with Crippen LogP contribution in [-0.2, 0) is 9.59 Å². The molecule has 2 unspecified atom stereocenters. The summed E-state index contributed by atoms with van der Waals surface area (Å²) in [6.07, 6.45) is 3.29. The van der Waals surface area contributed by atoms with Crippen LogP contribution in [0.2, 0.25) is 0 Å². The van der Waals surface area contributed by atoms with Crippen LogP contribution in [0.25, 0.3) is 0 Å². The van der Waals surface area contributed by atoms with E-state index in [9.17, 15) is 9.59 Å². The molecule has 5 heteroatoms. The Bertz CT molecular complexity index is 319. The van der Waals surface area contributed by atoms with E-state index >= 15 is 0 Å². The molecule has 0 bridgehead atoms. The first-order chi connectivity index (χ1) is 8.09. The summed E-state index contributed by atoms with van der Waals surface area (Å²) in [6, 6.07) is -0.791. The summed E-state index contributed by atoms with van der Waals surface area (Å²) in [4.78, 5) is 24.8. The number of hydrogen-bond donors (Lipinski definition) is 2. The third-order valence-electron chi connectivity index (χ3n) is 3.78. The van der Waals surface area contributed by atoms with Gasteiger partial charge in [-0.1, -0.05) is 6.92 Å². The summed E-state index contributed by atoms with van der Waals surface area (Å²) < 4.78 is 0. The van der Waals surface area contributed by atoms with Gasteiger partial charge in [-0.3, -0.25) is 4.79 Å². The predicted octanol–water partition coefficient (Wildman–Crippen LogP) is 0.450. The van der Waals surface area contributed by atoms with Gasteiger partial charge in [-0.2, -0.15) is 0 Å². The standard InChI is InChI=1S/C12H20N2O3/c1-8-4-5-13-9(7-8)11(15)14-6-2-3-10(14)12(16)17/h8-10,13H,2-7H2,1H3,(H,16,17)/t8?,9?,10-/m1/s1. The molecule has 0 aromatic heterocycles. The topological polar surface area (TPSA) is 69.6 Å². The summed E-state index contributed by atoms with van der Waals surface area (Å²) in [5.74, 6) is -0.364. The van der Waals surface area contributed by atoms with Gasteiger partial charge in [-0.15, -0.1) is 0 Å². The van der Waals surface area contributed by atoms with Crippen LogP contribution in [0.1, 0.15) is 32.6 Å². The number of carboxylic acids is 1. The average molecular weight is 240 g/mol. The quantitative estimate of drug-likeness (QED) is 0.735. The maximum Gasteiger partial charge on any atom is 0.326 e. The Kier molecular flexibility index (Phi) is 3.66. The molecule has 2 aliphatic heterocycles. The van der Waals surface area contributed by atoms with Gasteiger partial charge in [0, 0.05) is 6.54 Å². The fourth-order valence-electron chi connectivity index (χ4n) is 2.78. The fraction of sp³-hybridized carbons (Fsp3) is 0.833. The van der Waals surface area contributed by atoms with E-state index < -0.39 is 12.0 Å². The Morgan fingerprint density at radius 3 is 2.76 bits per heavy atom. The lowest BCUT2D eigenvalue weighted by Gasteiger charge is -2.32. The maximum absolute atomic E-state index is 12.3. The van der Waals surface area contributed by atoms with Crippen LogP contribution in [0, 0.1) is 5.92 Å². The second-order valence-electron chi connectivity index (χ2n) is 5.16. The van der Waals surface area contributed by atoms with Crippen LogP contribution in [-0.4, -0.2) is 47.1 Å². The summed E-state index contributed by atoms with van der Waals surface area (Å²) in [5.41, 5.74) is 0. The minimum absolute atomic E-state index is 0.0264. The van der Waals surface area contributed by atoms with Gasteiger partial charge in [0.2, 0.25) is 5.91 Å². The summed E-state index contributed by atoms with van der Waals surface area (Å²) in [7, 11) is 0. The first kappa shape index (κ1) is 12.4. The highest BCUT2D eigenvalue weighted by atomic mass is 16.4. The highest BCUT2D eigenvalue weighted by molar-refractivity contribution is 5.87. The molecule has 5 nitrogen and oxygen atoms in total. The van der Waals surface area contributed by atoms with E-state index in [2.05, 4.69) is 12.2 Å². The molecule has 0 aromatic rings. The molecule has 2 N–H and O–H groups in total. The average Bonchev–Trinajstić information content (AvgIpc) is 2.77. The number of hydrogen-bond acceptors (Lipinski definition) is 3. The minimum Gasteiger partial charge on any atom is -0.480 e. The first-order valence-electron chi connectivity index (χ1n) is 6.36. The van der Waals surface area contributed by atoms with Crippen molar-refractivity contribution in [3.05, 3.63) is 0 Å². The summed E-state index contributed by atoms with van der Waals surface area (Å²) >= 11 is 0. The fourth-order valence-corrected chi connectivity index (χ4v) is 2.78. The number of nitrogens with zero attached hydrogens (tertiary/aromatic N) is 1. The van der Waals surface area contributed by atoms with Gasteiger partial charge in [-0.25, -0.2) is 4.79 Å². The van der Waals surface area contributed by atoms with E-state index in [0.29, 0.717) is 18.9 Å². The number of nitrogens with one attached hydrogen (secondary N) is 1. The zero-order valence-corrected chi connectivity index (χ0v) is 10.2. The number of piperidine rings is 1. The highest BCUT2D eigenvalue weighted by Crippen LogP contribution is 2.22. The number of carbonyl (C=O) groups is 2. The molecule has 2 fully saturated rings. The molecule has 0 spiro atoms. The monoisotopic (exact) mass is 240 g/mol. The molecule has 2 rings (SSSR count). The largest absolute Gasteiger partial charge is 0.480 e. The van der Waals surface area contributed by atoms with E-state index in [1.54, 1.807) is 0 Å². The Morgan fingerprint density at radius 2 is 2.12 bits per heavy atom. The lowest BCUT2D eigenvalue weighted by Crippen LogP contribution is -2.52. The summed E-state index contributed by atoms with van der Waals surface area (Å²) in [5, 5.41) is 12.3. The van der Waals surface area contributed by atoms with E-state index in [1.165, 1.54) is 4.90 Å².